The zero-order valence-corrected chi connectivity index (χ0v) is 15.9. The van der Waals surface area contributed by atoms with Crippen LogP contribution < -0.4 is 10.1 Å². The Morgan fingerprint density at radius 3 is 1.94 bits per heavy atom. The zero-order valence-electron chi connectivity index (χ0n) is 15.9. The van der Waals surface area contributed by atoms with Gasteiger partial charge in [-0.25, -0.2) is 31.1 Å². The molecule has 0 aliphatic carbocycles. The molecule has 11 heteroatoms. The second-order valence-electron chi connectivity index (χ2n) is 6.37. The highest BCUT2D eigenvalue weighted by Gasteiger charge is 2.30. The number of hydrogen-bond donors (Lipinski definition) is 1. The Bertz CT molecular complexity index is 1200. The van der Waals surface area contributed by atoms with Crippen molar-refractivity contribution in [1.82, 2.24) is 0 Å². The lowest BCUT2D eigenvalue weighted by molar-refractivity contribution is 0.0716. The standard InChI is InChI=1S/C21H11F8NO2/c1-2-8-3-6-12(11(23)7-8)30-19-9(4-5-10(22)13(19)24)21(31)32-20-17(28)15(26)14(25)16(27)18(20)29/h3-7,30H,2H2,1H3. The topological polar surface area (TPSA) is 38.3 Å². The SMILES string of the molecule is CCc1ccc(Nc2c(C(=O)Oc3c(F)c(F)c(F)c(F)c3F)ccc(F)c2F)c(F)c1. The molecule has 3 rings (SSSR count). The summed E-state index contributed by atoms with van der Waals surface area (Å²) in [6.45, 7) is 1.74. The first kappa shape index (κ1) is 23.0. The van der Waals surface area contributed by atoms with E-state index in [1.54, 1.807) is 6.92 Å². The summed E-state index contributed by atoms with van der Waals surface area (Å²) >= 11 is 0. The average Bonchev–Trinajstić information content (AvgIpc) is 2.78. The van der Waals surface area contributed by atoms with Crippen LogP contribution in [-0.2, 0) is 6.42 Å². The first-order chi connectivity index (χ1) is 15.1. The smallest absolute Gasteiger partial charge is 0.345 e. The molecule has 0 heterocycles. The van der Waals surface area contributed by atoms with E-state index in [0.29, 0.717) is 24.1 Å². The van der Waals surface area contributed by atoms with E-state index in [9.17, 15) is 39.9 Å². The van der Waals surface area contributed by atoms with Crippen LogP contribution in [0.4, 0.5) is 46.5 Å². The Hall–Kier alpha value is -3.63. The molecule has 0 spiro atoms. The van der Waals surface area contributed by atoms with Crippen molar-refractivity contribution in [2.24, 2.45) is 0 Å². The van der Waals surface area contributed by atoms with E-state index in [2.05, 4.69) is 10.1 Å². The van der Waals surface area contributed by atoms with Gasteiger partial charge in [0.2, 0.25) is 34.8 Å². The van der Waals surface area contributed by atoms with Gasteiger partial charge in [0.05, 0.1) is 16.9 Å². The quantitative estimate of drug-likeness (QED) is 0.159. The zero-order chi connectivity index (χ0) is 23.7. The number of esters is 1. The van der Waals surface area contributed by atoms with Crippen LogP contribution in [0.2, 0.25) is 0 Å². The van der Waals surface area contributed by atoms with Crippen LogP contribution in [-0.4, -0.2) is 5.97 Å². The predicted molar refractivity (Wildman–Crippen MR) is 96.6 cm³/mol. The Morgan fingerprint density at radius 1 is 0.781 bits per heavy atom. The molecule has 3 aromatic rings. The summed E-state index contributed by atoms with van der Waals surface area (Å²) in [5, 5.41) is 2.14. The minimum atomic E-state index is -2.49. The predicted octanol–water partition coefficient (Wildman–Crippen LogP) is 6.32. The fourth-order valence-corrected chi connectivity index (χ4v) is 2.68. The molecule has 0 fully saturated rings. The number of carbonyl (C=O) groups excluding carboxylic acids is 1. The maximum atomic E-state index is 14.4. The number of ether oxygens (including phenoxy) is 1. The molecule has 0 atom stereocenters. The molecule has 0 aliphatic heterocycles. The van der Waals surface area contributed by atoms with E-state index in [1.165, 1.54) is 6.07 Å². The van der Waals surface area contributed by atoms with Crippen LogP contribution in [0.3, 0.4) is 0 Å². The lowest BCUT2D eigenvalue weighted by Crippen LogP contribution is -2.16. The molecule has 0 aliphatic rings. The maximum Gasteiger partial charge on any atom is 0.345 e. The molecule has 168 valence electrons. The molecule has 0 saturated heterocycles. The van der Waals surface area contributed by atoms with Crippen molar-refractivity contribution in [3.63, 3.8) is 0 Å². The minimum absolute atomic E-state index is 0.392. The van der Waals surface area contributed by atoms with Crippen molar-refractivity contribution >= 4 is 17.3 Å². The molecule has 0 radical (unpaired) electrons. The van der Waals surface area contributed by atoms with Crippen molar-refractivity contribution in [2.45, 2.75) is 13.3 Å². The molecule has 0 unspecified atom stereocenters. The van der Waals surface area contributed by atoms with Crippen LogP contribution >= 0.6 is 0 Å². The van der Waals surface area contributed by atoms with Gasteiger partial charge in [-0.15, -0.1) is 0 Å². The number of halogens is 8. The minimum Gasteiger partial charge on any atom is -0.416 e. The van der Waals surface area contributed by atoms with Crippen LogP contribution in [0.5, 0.6) is 5.75 Å². The summed E-state index contributed by atoms with van der Waals surface area (Å²) < 4.78 is 114. The monoisotopic (exact) mass is 461 g/mol. The van der Waals surface area contributed by atoms with E-state index < -0.39 is 75.2 Å². The third kappa shape index (κ3) is 4.10. The van der Waals surface area contributed by atoms with E-state index in [-0.39, 0.29) is 0 Å². The highest BCUT2D eigenvalue weighted by molar-refractivity contribution is 5.98. The summed E-state index contributed by atoms with van der Waals surface area (Å²) in [4.78, 5) is 12.4. The molecule has 3 aromatic carbocycles. The summed E-state index contributed by atoms with van der Waals surface area (Å²) in [5.74, 6) is -20.0. The number of hydrogen-bond acceptors (Lipinski definition) is 3. The fourth-order valence-electron chi connectivity index (χ4n) is 2.68. The van der Waals surface area contributed by atoms with Gasteiger partial charge >= 0.3 is 5.97 Å². The molecular formula is C21H11F8NO2. The van der Waals surface area contributed by atoms with Crippen molar-refractivity contribution in [3.05, 3.63) is 88.0 Å². The Balaban J connectivity index is 2.05. The number of nitrogens with one attached hydrogen (secondary N) is 1. The van der Waals surface area contributed by atoms with Crippen molar-refractivity contribution < 1.29 is 44.7 Å². The van der Waals surface area contributed by atoms with Crippen molar-refractivity contribution in [3.8, 4) is 5.75 Å². The van der Waals surface area contributed by atoms with E-state index in [1.807, 2.05) is 0 Å². The van der Waals surface area contributed by atoms with E-state index in [4.69, 9.17) is 0 Å². The van der Waals surface area contributed by atoms with Gasteiger partial charge in [0.1, 0.15) is 5.82 Å². The normalized spacial score (nSPS) is 10.9. The Kier molecular flexibility index (Phi) is 6.37. The lowest BCUT2D eigenvalue weighted by atomic mass is 10.1. The number of benzene rings is 3. The van der Waals surface area contributed by atoms with Crippen LogP contribution in [0.25, 0.3) is 0 Å². The Morgan fingerprint density at radius 2 is 1.38 bits per heavy atom. The van der Waals surface area contributed by atoms with Gasteiger partial charge < -0.3 is 10.1 Å². The number of aryl methyl sites for hydroxylation is 1. The van der Waals surface area contributed by atoms with Gasteiger partial charge in [0.15, 0.2) is 11.6 Å². The third-order valence-electron chi connectivity index (χ3n) is 4.38. The van der Waals surface area contributed by atoms with Gasteiger partial charge in [-0.1, -0.05) is 13.0 Å². The molecule has 3 nitrogen and oxygen atoms in total. The molecule has 0 saturated carbocycles. The molecular weight excluding hydrogens is 450 g/mol. The van der Waals surface area contributed by atoms with E-state index in [0.717, 1.165) is 12.1 Å². The second kappa shape index (κ2) is 8.85. The molecule has 0 aromatic heterocycles. The summed E-state index contributed by atoms with van der Waals surface area (Å²) in [7, 11) is 0. The molecule has 1 N–H and O–H groups in total. The molecule has 0 bridgehead atoms. The molecule has 32 heavy (non-hydrogen) atoms. The van der Waals surface area contributed by atoms with Crippen LogP contribution in [0.1, 0.15) is 22.8 Å². The Labute approximate surface area is 175 Å². The van der Waals surface area contributed by atoms with Gasteiger partial charge in [-0.2, -0.15) is 8.78 Å². The van der Waals surface area contributed by atoms with Crippen LogP contribution in [0.15, 0.2) is 30.3 Å². The highest BCUT2D eigenvalue weighted by Crippen LogP contribution is 2.32. The van der Waals surface area contributed by atoms with Crippen molar-refractivity contribution in [1.29, 1.82) is 0 Å². The molecule has 0 amide bonds. The average molecular weight is 461 g/mol. The first-order valence-corrected chi connectivity index (χ1v) is 8.83. The first-order valence-electron chi connectivity index (χ1n) is 8.83. The number of rotatable bonds is 5. The van der Waals surface area contributed by atoms with Crippen LogP contribution in [0, 0.1) is 46.5 Å². The number of anilines is 2. The second-order valence-corrected chi connectivity index (χ2v) is 6.37. The fraction of sp³-hybridized carbons (Fsp3) is 0.0952. The summed E-state index contributed by atoms with van der Waals surface area (Å²) in [6, 6.07) is 4.78. The highest BCUT2D eigenvalue weighted by atomic mass is 19.2. The van der Waals surface area contributed by atoms with Crippen molar-refractivity contribution in [2.75, 3.05) is 5.32 Å². The van der Waals surface area contributed by atoms with E-state index >= 15 is 0 Å². The maximum absolute atomic E-state index is 14.4. The van der Waals surface area contributed by atoms with Gasteiger partial charge in [-0.3, -0.25) is 0 Å². The van der Waals surface area contributed by atoms with Gasteiger partial charge in [0.25, 0.3) is 0 Å². The number of carbonyl (C=O) groups is 1. The largest absolute Gasteiger partial charge is 0.416 e. The van der Waals surface area contributed by atoms with Gasteiger partial charge in [-0.05, 0) is 36.2 Å². The summed E-state index contributed by atoms with van der Waals surface area (Å²) in [5.41, 5.74) is -1.72. The third-order valence-corrected chi connectivity index (χ3v) is 4.38. The lowest BCUT2D eigenvalue weighted by Gasteiger charge is -2.15. The van der Waals surface area contributed by atoms with Gasteiger partial charge in [0, 0.05) is 0 Å². The summed E-state index contributed by atoms with van der Waals surface area (Å²) in [6.07, 6.45) is 0.463.